The summed E-state index contributed by atoms with van der Waals surface area (Å²) in [4.78, 5) is 28.9. The van der Waals surface area contributed by atoms with E-state index in [1.807, 2.05) is 37.7 Å². The summed E-state index contributed by atoms with van der Waals surface area (Å²) in [5.41, 5.74) is 4.69. The molecule has 0 fully saturated rings. The molecule has 3 heterocycles. The molecule has 0 saturated carbocycles. The quantitative estimate of drug-likeness (QED) is 0.641. The number of ketones is 1. The van der Waals surface area contributed by atoms with E-state index in [0.717, 1.165) is 35.2 Å². The van der Waals surface area contributed by atoms with Crippen LogP contribution < -0.4 is 5.32 Å². The van der Waals surface area contributed by atoms with Gasteiger partial charge >= 0.3 is 0 Å². The minimum atomic E-state index is 0.0872. The smallest absolute Gasteiger partial charge is 0.183 e. The second-order valence-corrected chi connectivity index (χ2v) is 8.12. The Hall–Kier alpha value is -2.90. The summed E-state index contributed by atoms with van der Waals surface area (Å²) in [5, 5.41) is 6.14. The maximum absolute atomic E-state index is 12.7. The molecule has 1 aliphatic rings. The maximum atomic E-state index is 12.7. The predicted molar refractivity (Wildman–Crippen MR) is 119 cm³/mol. The van der Waals surface area contributed by atoms with Crippen LogP contribution in [0.2, 0.25) is 0 Å². The monoisotopic (exact) mass is 405 g/mol. The third kappa shape index (κ3) is 4.58. The Morgan fingerprint density at radius 3 is 2.79 bits per heavy atom. The van der Waals surface area contributed by atoms with Crippen molar-refractivity contribution in [3.8, 4) is 11.4 Å². The summed E-state index contributed by atoms with van der Waals surface area (Å²) in [6, 6.07) is 11.9. The lowest BCUT2D eigenvalue weighted by Crippen LogP contribution is -2.20. The molecule has 0 unspecified atom stereocenters. The Balaban J connectivity index is 1.62. The van der Waals surface area contributed by atoms with E-state index in [1.165, 1.54) is 11.3 Å². The number of carbonyl (C=O) groups excluding carboxylic acids is 1. The SMILES string of the molecule is CN(C)CCNc1nc(-c2nccc3c2N=C(Cc2ccccc2)CC3=O)cs1. The lowest BCUT2D eigenvalue weighted by atomic mass is 9.96. The van der Waals surface area contributed by atoms with Gasteiger partial charge in [0.15, 0.2) is 10.9 Å². The predicted octanol–water partition coefficient (Wildman–Crippen LogP) is 4.08. The number of benzene rings is 1. The van der Waals surface area contributed by atoms with Crippen LogP contribution in [0.15, 0.2) is 53.0 Å². The number of carbonyl (C=O) groups is 1. The van der Waals surface area contributed by atoms with Crippen LogP contribution >= 0.6 is 11.3 Å². The molecule has 0 bridgehead atoms. The zero-order valence-electron chi connectivity index (χ0n) is 16.6. The van der Waals surface area contributed by atoms with E-state index in [0.29, 0.717) is 29.8 Å². The van der Waals surface area contributed by atoms with Crippen LogP contribution in [-0.4, -0.2) is 53.5 Å². The molecule has 0 saturated heterocycles. The number of Topliss-reactive ketones (excluding diaryl/α,β-unsaturated/α-hetero) is 1. The number of nitrogens with zero attached hydrogens (tertiary/aromatic N) is 4. The van der Waals surface area contributed by atoms with Crippen molar-refractivity contribution in [2.45, 2.75) is 12.8 Å². The summed E-state index contributed by atoms with van der Waals surface area (Å²) < 4.78 is 0. The van der Waals surface area contributed by atoms with Gasteiger partial charge in [-0.05, 0) is 25.7 Å². The van der Waals surface area contributed by atoms with Crippen molar-refractivity contribution in [3.05, 3.63) is 59.1 Å². The van der Waals surface area contributed by atoms with E-state index in [-0.39, 0.29) is 5.78 Å². The van der Waals surface area contributed by atoms with Gasteiger partial charge in [0.2, 0.25) is 0 Å². The molecule has 2 aromatic heterocycles. The van der Waals surface area contributed by atoms with Crippen LogP contribution in [0.1, 0.15) is 22.3 Å². The van der Waals surface area contributed by atoms with Gasteiger partial charge in [0.1, 0.15) is 17.1 Å². The standard InChI is InChI=1S/C22H23N5OS/c1-27(2)11-10-24-22-26-18(14-29-22)21-20-17(8-9-23-21)19(28)13-16(25-20)12-15-6-4-3-5-7-15/h3-9,14H,10-13H2,1-2H3,(H,24,26). The van der Waals surface area contributed by atoms with Crippen molar-refractivity contribution in [3.63, 3.8) is 0 Å². The number of rotatable bonds is 7. The number of likely N-dealkylation sites (N-methyl/N-ethyl adjacent to an activating group) is 1. The highest BCUT2D eigenvalue weighted by molar-refractivity contribution is 7.14. The fourth-order valence-corrected chi connectivity index (χ4v) is 3.97. The number of aromatic nitrogens is 2. The highest BCUT2D eigenvalue weighted by Crippen LogP contribution is 2.36. The van der Waals surface area contributed by atoms with Gasteiger partial charge in [0.05, 0.1) is 0 Å². The molecule has 1 N–H and O–H groups in total. The number of anilines is 1. The van der Waals surface area contributed by atoms with Gasteiger partial charge in [0, 0.05) is 48.8 Å². The first kappa shape index (κ1) is 19.4. The van der Waals surface area contributed by atoms with Crippen LogP contribution in [-0.2, 0) is 6.42 Å². The molecule has 0 atom stereocenters. The number of aliphatic imine (C=N–C) groups is 1. The Kier molecular flexibility index (Phi) is 5.78. The molecular weight excluding hydrogens is 382 g/mol. The zero-order chi connectivity index (χ0) is 20.2. The molecule has 1 aromatic carbocycles. The van der Waals surface area contributed by atoms with E-state index in [2.05, 4.69) is 32.3 Å². The van der Waals surface area contributed by atoms with Gasteiger partial charge in [-0.25, -0.2) is 4.98 Å². The third-order valence-corrected chi connectivity index (χ3v) is 5.49. The third-order valence-electron chi connectivity index (χ3n) is 4.69. The lowest BCUT2D eigenvalue weighted by molar-refractivity contribution is 0.0999. The Labute approximate surface area is 174 Å². The van der Waals surface area contributed by atoms with Crippen LogP contribution in [0.5, 0.6) is 0 Å². The van der Waals surface area contributed by atoms with Crippen molar-refractivity contribution in [2.75, 3.05) is 32.5 Å². The van der Waals surface area contributed by atoms with Crippen molar-refractivity contribution < 1.29 is 4.79 Å². The van der Waals surface area contributed by atoms with E-state index in [1.54, 1.807) is 12.3 Å². The molecule has 1 aliphatic heterocycles. The van der Waals surface area contributed by atoms with E-state index in [9.17, 15) is 4.79 Å². The topological polar surface area (TPSA) is 70.5 Å². The minimum absolute atomic E-state index is 0.0872. The van der Waals surface area contributed by atoms with Crippen molar-refractivity contribution in [1.29, 1.82) is 0 Å². The van der Waals surface area contributed by atoms with Crippen molar-refractivity contribution in [1.82, 2.24) is 14.9 Å². The summed E-state index contributed by atoms with van der Waals surface area (Å²) >= 11 is 1.54. The first-order valence-corrected chi connectivity index (χ1v) is 10.4. The molecule has 7 heteroatoms. The van der Waals surface area contributed by atoms with E-state index < -0.39 is 0 Å². The molecular formula is C22H23N5OS. The number of nitrogens with one attached hydrogen (secondary N) is 1. The molecule has 4 rings (SSSR count). The number of thiazole rings is 1. The van der Waals surface area contributed by atoms with Crippen molar-refractivity contribution >= 4 is 33.7 Å². The minimum Gasteiger partial charge on any atom is -0.360 e. The fourth-order valence-electron chi connectivity index (χ4n) is 3.24. The fraction of sp³-hybridized carbons (Fsp3) is 0.273. The van der Waals surface area contributed by atoms with Gasteiger partial charge in [0.25, 0.3) is 0 Å². The normalized spacial score (nSPS) is 13.3. The molecule has 3 aromatic rings. The molecule has 0 spiro atoms. The second-order valence-electron chi connectivity index (χ2n) is 7.26. The van der Waals surface area contributed by atoms with Gasteiger partial charge in [-0.2, -0.15) is 0 Å². The number of pyridine rings is 1. The molecule has 29 heavy (non-hydrogen) atoms. The lowest BCUT2D eigenvalue weighted by Gasteiger charge is -2.16. The Morgan fingerprint density at radius 2 is 2.00 bits per heavy atom. The highest BCUT2D eigenvalue weighted by atomic mass is 32.1. The van der Waals surface area contributed by atoms with E-state index >= 15 is 0 Å². The molecule has 0 radical (unpaired) electrons. The van der Waals surface area contributed by atoms with Crippen LogP contribution in [0.25, 0.3) is 11.4 Å². The molecule has 6 nitrogen and oxygen atoms in total. The van der Waals surface area contributed by atoms with E-state index in [4.69, 9.17) is 4.99 Å². The van der Waals surface area contributed by atoms with Gasteiger partial charge < -0.3 is 10.2 Å². The first-order chi connectivity index (χ1) is 14.1. The zero-order valence-corrected chi connectivity index (χ0v) is 17.4. The first-order valence-electron chi connectivity index (χ1n) is 9.57. The van der Waals surface area contributed by atoms with Crippen LogP contribution in [0.3, 0.4) is 0 Å². The number of fused-ring (bicyclic) bond motifs is 1. The maximum Gasteiger partial charge on any atom is 0.183 e. The Morgan fingerprint density at radius 1 is 1.17 bits per heavy atom. The van der Waals surface area contributed by atoms with Gasteiger partial charge in [-0.15, -0.1) is 11.3 Å². The summed E-state index contributed by atoms with van der Waals surface area (Å²) in [6.45, 7) is 1.74. The van der Waals surface area contributed by atoms with Gasteiger partial charge in [-0.1, -0.05) is 30.3 Å². The van der Waals surface area contributed by atoms with Crippen molar-refractivity contribution in [2.24, 2.45) is 4.99 Å². The summed E-state index contributed by atoms with van der Waals surface area (Å²) in [6.07, 6.45) is 2.68. The number of hydrogen-bond acceptors (Lipinski definition) is 7. The molecule has 148 valence electrons. The van der Waals surface area contributed by atoms with Gasteiger partial charge in [-0.3, -0.25) is 14.8 Å². The molecule has 0 amide bonds. The summed E-state index contributed by atoms with van der Waals surface area (Å²) in [7, 11) is 4.08. The summed E-state index contributed by atoms with van der Waals surface area (Å²) in [5.74, 6) is 0.0872. The molecule has 0 aliphatic carbocycles. The largest absolute Gasteiger partial charge is 0.360 e. The highest BCUT2D eigenvalue weighted by Gasteiger charge is 2.24. The average molecular weight is 406 g/mol. The second kappa shape index (κ2) is 8.63. The van der Waals surface area contributed by atoms with Crippen LogP contribution in [0, 0.1) is 0 Å². The Bertz CT molecular complexity index is 1040. The average Bonchev–Trinajstić information content (AvgIpc) is 3.17. The number of hydrogen-bond donors (Lipinski definition) is 1. The van der Waals surface area contributed by atoms with Crippen LogP contribution in [0.4, 0.5) is 10.8 Å².